The van der Waals surface area contributed by atoms with E-state index in [1.807, 2.05) is 0 Å². The molecule has 0 radical (unpaired) electrons. The quantitative estimate of drug-likeness (QED) is 0.381. The van der Waals surface area contributed by atoms with Gasteiger partial charge in [0.15, 0.2) is 0 Å². The summed E-state index contributed by atoms with van der Waals surface area (Å²) in [6.07, 6.45) is 25.1. The van der Waals surface area contributed by atoms with Crippen LogP contribution < -0.4 is 0 Å². The number of hydrogen-bond donors (Lipinski definition) is 0. The van der Waals surface area contributed by atoms with Crippen molar-refractivity contribution in [2.75, 3.05) is 0 Å². The highest BCUT2D eigenvalue weighted by atomic mass is 14.6. The van der Waals surface area contributed by atoms with Crippen molar-refractivity contribution in [1.29, 1.82) is 5.26 Å². The Kier molecular flexibility index (Phi) is 6.74. The van der Waals surface area contributed by atoms with E-state index >= 15 is 0 Å². The largest absolute Gasteiger partial charge is 0.198 e. The van der Waals surface area contributed by atoms with Gasteiger partial charge in [-0.25, -0.2) is 0 Å². The maximum absolute atomic E-state index is 9.80. The van der Waals surface area contributed by atoms with Gasteiger partial charge in [-0.05, 0) is 93.8 Å². The van der Waals surface area contributed by atoms with Gasteiger partial charge in [0.2, 0.25) is 0 Å². The van der Waals surface area contributed by atoms with Gasteiger partial charge in [-0.1, -0.05) is 52.4 Å². The summed E-state index contributed by atoms with van der Waals surface area (Å²) in [4.78, 5) is 0. The van der Waals surface area contributed by atoms with Crippen LogP contribution in [0.25, 0.3) is 0 Å². The molecule has 4 saturated carbocycles. The molecule has 0 aromatic carbocycles. The minimum Gasteiger partial charge on any atom is -0.198 e. The molecule has 0 N–H and O–H groups in total. The zero-order valence-electron chi connectivity index (χ0n) is 17.8. The molecule has 0 heterocycles. The molecule has 1 heteroatoms. The summed E-state index contributed by atoms with van der Waals surface area (Å²) < 4.78 is 0. The Balaban J connectivity index is 1.51. The molecule has 0 atom stereocenters. The summed E-state index contributed by atoms with van der Waals surface area (Å²) >= 11 is 0. The molecule has 1 nitrogen and oxygen atoms in total. The molecule has 0 aromatic heterocycles. The second-order valence-electron chi connectivity index (χ2n) is 10.4. The number of fused-ring (bicyclic) bond motifs is 3. The molecule has 0 amide bonds. The molecule has 2 bridgehead atoms. The Labute approximate surface area is 163 Å². The maximum Gasteiger partial charge on any atom is 0.0689 e. The SMILES string of the molecule is CCCCCCC12CCC([C@H]3CC[C@@](C#N)(CCCC)CC3)(CC1)CC2. The van der Waals surface area contributed by atoms with Crippen molar-refractivity contribution in [3.63, 3.8) is 0 Å². The molecule has 4 aliphatic rings. The smallest absolute Gasteiger partial charge is 0.0689 e. The molecule has 4 fully saturated rings. The van der Waals surface area contributed by atoms with Crippen molar-refractivity contribution in [3.05, 3.63) is 0 Å². The predicted molar refractivity (Wildman–Crippen MR) is 111 cm³/mol. The molecule has 148 valence electrons. The molecule has 0 spiro atoms. The van der Waals surface area contributed by atoms with Crippen LogP contribution in [0.3, 0.4) is 0 Å². The van der Waals surface area contributed by atoms with Gasteiger partial charge in [0, 0.05) is 0 Å². The second kappa shape index (κ2) is 8.67. The number of hydrogen-bond acceptors (Lipinski definition) is 1. The van der Waals surface area contributed by atoms with Crippen molar-refractivity contribution in [1.82, 2.24) is 0 Å². The van der Waals surface area contributed by atoms with E-state index < -0.39 is 0 Å². The van der Waals surface area contributed by atoms with Crippen LogP contribution in [-0.4, -0.2) is 0 Å². The van der Waals surface area contributed by atoms with E-state index in [9.17, 15) is 5.26 Å². The van der Waals surface area contributed by atoms with E-state index in [4.69, 9.17) is 0 Å². The Morgan fingerprint density at radius 1 is 0.731 bits per heavy atom. The standard InChI is InChI=1S/C25H43N/c1-3-5-7-8-12-23-15-18-25(19-16-23,20-17-23)22-9-13-24(21-26,14-10-22)11-6-4-2/h22H,3-20H2,1-2H3/t22-,23?,24-,25?. The topological polar surface area (TPSA) is 23.8 Å². The summed E-state index contributed by atoms with van der Waals surface area (Å²) in [5, 5.41) is 9.80. The van der Waals surface area contributed by atoms with E-state index in [1.54, 1.807) is 0 Å². The highest BCUT2D eigenvalue weighted by molar-refractivity contribution is 5.07. The normalized spacial score (nSPS) is 39.7. The molecular formula is C25H43N. The Morgan fingerprint density at radius 2 is 1.35 bits per heavy atom. The lowest BCUT2D eigenvalue weighted by atomic mass is 9.47. The average Bonchev–Trinajstić information content (AvgIpc) is 2.71. The molecule has 4 aliphatic carbocycles. The van der Waals surface area contributed by atoms with Crippen molar-refractivity contribution >= 4 is 0 Å². The van der Waals surface area contributed by atoms with E-state index in [-0.39, 0.29) is 5.41 Å². The first-order valence-corrected chi connectivity index (χ1v) is 12.0. The Hall–Kier alpha value is -0.510. The first-order chi connectivity index (χ1) is 12.6. The molecule has 0 aromatic rings. The zero-order valence-corrected chi connectivity index (χ0v) is 17.8. The molecule has 4 rings (SSSR count). The Morgan fingerprint density at radius 3 is 1.88 bits per heavy atom. The van der Waals surface area contributed by atoms with Crippen molar-refractivity contribution < 1.29 is 0 Å². The predicted octanol–water partition coefficient (Wildman–Crippen LogP) is 8.19. The number of rotatable bonds is 9. The van der Waals surface area contributed by atoms with Gasteiger partial charge in [0.25, 0.3) is 0 Å². The van der Waals surface area contributed by atoms with Gasteiger partial charge in [0.1, 0.15) is 0 Å². The molecular weight excluding hydrogens is 314 g/mol. The van der Waals surface area contributed by atoms with Crippen LogP contribution in [-0.2, 0) is 0 Å². The van der Waals surface area contributed by atoms with E-state index in [2.05, 4.69) is 19.9 Å². The average molecular weight is 358 g/mol. The Bertz CT molecular complexity index is 452. The maximum atomic E-state index is 9.80. The fraction of sp³-hybridized carbons (Fsp3) is 0.960. The van der Waals surface area contributed by atoms with Gasteiger partial charge in [0.05, 0.1) is 11.5 Å². The van der Waals surface area contributed by atoms with Gasteiger partial charge in [-0.15, -0.1) is 0 Å². The lowest BCUT2D eigenvalue weighted by Gasteiger charge is -2.58. The molecule has 26 heavy (non-hydrogen) atoms. The van der Waals surface area contributed by atoms with Crippen LogP contribution >= 0.6 is 0 Å². The van der Waals surface area contributed by atoms with E-state index in [1.165, 1.54) is 109 Å². The zero-order chi connectivity index (χ0) is 18.5. The van der Waals surface area contributed by atoms with Gasteiger partial charge >= 0.3 is 0 Å². The summed E-state index contributed by atoms with van der Waals surface area (Å²) in [6, 6.07) is 2.76. The minimum absolute atomic E-state index is 0.0372. The third-order valence-corrected chi connectivity index (χ3v) is 9.08. The van der Waals surface area contributed by atoms with Crippen molar-refractivity contribution in [2.45, 2.75) is 129 Å². The molecule has 0 unspecified atom stereocenters. The van der Waals surface area contributed by atoms with Crippen LogP contribution in [0, 0.1) is 33.5 Å². The van der Waals surface area contributed by atoms with Crippen LogP contribution in [0.15, 0.2) is 0 Å². The fourth-order valence-electron chi connectivity index (χ4n) is 6.92. The third kappa shape index (κ3) is 4.15. The summed E-state index contributed by atoms with van der Waals surface area (Å²) in [6.45, 7) is 4.58. The van der Waals surface area contributed by atoms with Crippen LogP contribution in [0.2, 0.25) is 0 Å². The van der Waals surface area contributed by atoms with E-state index in [0.29, 0.717) is 5.41 Å². The van der Waals surface area contributed by atoms with Crippen LogP contribution in [0.4, 0.5) is 0 Å². The third-order valence-electron chi connectivity index (χ3n) is 9.08. The lowest BCUT2D eigenvalue weighted by Crippen LogP contribution is -2.47. The number of nitriles is 1. The van der Waals surface area contributed by atoms with Crippen LogP contribution in [0.5, 0.6) is 0 Å². The first-order valence-electron chi connectivity index (χ1n) is 12.0. The van der Waals surface area contributed by atoms with Gasteiger partial charge < -0.3 is 0 Å². The van der Waals surface area contributed by atoms with Crippen molar-refractivity contribution in [3.8, 4) is 6.07 Å². The van der Waals surface area contributed by atoms with Crippen LogP contribution in [0.1, 0.15) is 129 Å². The fourth-order valence-corrected chi connectivity index (χ4v) is 6.92. The highest BCUT2D eigenvalue weighted by Crippen LogP contribution is 2.64. The van der Waals surface area contributed by atoms with Crippen molar-refractivity contribution in [2.24, 2.45) is 22.2 Å². The van der Waals surface area contributed by atoms with Gasteiger partial charge in [-0.2, -0.15) is 5.26 Å². The number of nitrogens with zero attached hydrogens (tertiary/aromatic N) is 1. The molecule has 0 saturated heterocycles. The lowest BCUT2D eigenvalue weighted by molar-refractivity contribution is -0.0690. The minimum atomic E-state index is 0.0372. The monoisotopic (exact) mass is 357 g/mol. The van der Waals surface area contributed by atoms with Gasteiger partial charge in [-0.3, -0.25) is 0 Å². The summed E-state index contributed by atoms with van der Waals surface area (Å²) in [5.74, 6) is 0.934. The van der Waals surface area contributed by atoms with E-state index in [0.717, 1.165) is 17.8 Å². The highest BCUT2D eigenvalue weighted by Gasteiger charge is 2.52. The first kappa shape index (κ1) is 20.2. The second-order valence-corrected chi connectivity index (χ2v) is 10.4. The summed E-state index contributed by atoms with van der Waals surface area (Å²) in [7, 11) is 0. The number of unbranched alkanes of at least 4 members (excludes halogenated alkanes) is 4. The molecule has 0 aliphatic heterocycles. The summed E-state index contributed by atoms with van der Waals surface area (Å²) in [5.41, 5.74) is 1.45.